The molecule has 0 amide bonds. The molecule has 0 saturated carbocycles. The van der Waals surface area contributed by atoms with Crippen molar-refractivity contribution in [3.05, 3.63) is 0 Å². The summed E-state index contributed by atoms with van der Waals surface area (Å²) in [6.45, 7) is 32.3. The molecule has 6 unspecified atom stereocenters. The minimum absolute atomic E-state index is 0.0547. The van der Waals surface area contributed by atoms with E-state index in [1.54, 1.807) is 0 Å². The summed E-state index contributed by atoms with van der Waals surface area (Å²) < 4.78 is -0.109. The molecule has 0 rings (SSSR count). The van der Waals surface area contributed by atoms with Crippen molar-refractivity contribution in [2.45, 2.75) is 246 Å². The molecule has 0 aromatic rings. The lowest BCUT2D eigenvalue weighted by atomic mass is 9.86. The molecule has 0 radical (unpaired) electrons. The number of aliphatic hydroxyl groups is 2. The molecule has 6 atom stereocenters. The topological polar surface area (TPSA) is 40.5 Å². The Morgan fingerprint density at radius 1 is 0.383 bits per heavy atom. The summed E-state index contributed by atoms with van der Waals surface area (Å²) in [5, 5.41) is 22.8. The predicted octanol–water partition coefficient (Wildman–Crippen LogP) is 14.4. The Labute approximate surface area is 302 Å². The number of thioether (sulfide) groups is 1. The lowest BCUT2D eigenvalue weighted by Gasteiger charge is -2.41. The van der Waals surface area contributed by atoms with Gasteiger partial charge in [0, 0.05) is 9.49 Å². The first-order valence-electron chi connectivity index (χ1n) is 20.7. The van der Waals surface area contributed by atoms with Crippen molar-refractivity contribution in [2.75, 3.05) is 0 Å². The number of hydrogen-bond donors (Lipinski definition) is 2. The highest BCUT2D eigenvalue weighted by Gasteiger charge is 2.38. The molecule has 47 heavy (non-hydrogen) atoms. The van der Waals surface area contributed by atoms with E-state index >= 15 is 0 Å². The van der Waals surface area contributed by atoms with Gasteiger partial charge >= 0.3 is 0 Å². The maximum atomic E-state index is 11.4. The average Bonchev–Trinajstić information content (AvgIpc) is 2.85. The SMILES string of the molecule is CC(C)CCCC(C)CCCC(C)CCCC(C)(O)CC(C)(C)SC(C)(C)CC(C)(O)CCCC(C)CCCC(C)CCCC(C)C. The second-order valence-corrected chi connectivity index (χ2v) is 22.1. The number of hydrogen-bond acceptors (Lipinski definition) is 3. The maximum Gasteiger partial charge on any atom is 0.0632 e. The van der Waals surface area contributed by atoms with E-state index in [9.17, 15) is 10.2 Å². The molecule has 284 valence electrons. The van der Waals surface area contributed by atoms with E-state index in [1.165, 1.54) is 89.9 Å². The van der Waals surface area contributed by atoms with Crippen LogP contribution in [0, 0.1) is 35.5 Å². The molecular formula is C44H90O2S. The molecule has 3 heteroatoms. The zero-order chi connectivity index (χ0) is 36.3. The van der Waals surface area contributed by atoms with Gasteiger partial charge in [-0.25, -0.2) is 0 Å². The van der Waals surface area contributed by atoms with Gasteiger partial charge in [0.2, 0.25) is 0 Å². The van der Waals surface area contributed by atoms with Crippen LogP contribution in [-0.4, -0.2) is 30.9 Å². The van der Waals surface area contributed by atoms with Crippen molar-refractivity contribution in [1.29, 1.82) is 0 Å². The zero-order valence-corrected chi connectivity index (χ0v) is 35.7. The van der Waals surface area contributed by atoms with E-state index in [1.807, 2.05) is 11.8 Å². The summed E-state index contributed by atoms with van der Waals surface area (Å²) in [7, 11) is 0. The molecule has 0 aliphatic rings. The van der Waals surface area contributed by atoms with E-state index in [-0.39, 0.29) is 9.49 Å². The van der Waals surface area contributed by atoms with E-state index in [0.29, 0.717) is 0 Å². The van der Waals surface area contributed by atoms with Crippen molar-refractivity contribution in [1.82, 2.24) is 0 Å². The van der Waals surface area contributed by atoms with Crippen molar-refractivity contribution in [3.8, 4) is 0 Å². The van der Waals surface area contributed by atoms with Crippen LogP contribution in [0.3, 0.4) is 0 Å². The third-order valence-electron chi connectivity index (χ3n) is 10.7. The Morgan fingerprint density at radius 2 is 0.617 bits per heavy atom. The van der Waals surface area contributed by atoms with Crippen molar-refractivity contribution >= 4 is 11.8 Å². The molecule has 0 saturated heterocycles. The average molecular weight is 683 g/mol. The van der Waals surface area contributed by atoms with Crippen molar-refractivity contribution in [2.24, 2.45) is 35.5 Å². The second-order valence-electron chi connectivity index (χ2n) is 19.7. The van der Waals surface area contributed by atoms with Crippen LogP contribution in [0.2, 0.25) is 0 Å². The summed E-state index contributed by atoms with van der Waals surface area (Å²) in [6, 6.07) is 0. The third-order valence-corrected chi connectivity index (χ3v) is 12.1. The first-order chi connectivity index (χ1) is 21.5. The van der Waals surface area contributed by atoms with Crippen LogP contribution >= 0.6 is 11.8 Å². The van der Waals surface area contributed by atoms with E-state index in [4.69, 9.17) is 0 Å². The van der Waals surface area contributed by atoms with Gasteiger partial charge in [0.05, 0.1) is 11.2 Å². The van der Waals surface area contributed by atoms with E-state index in [2.05, 4.69) is 96.9 Å². The van der Waals surface area contributed by atoms with Crippen LogP contribution in [0.25, 0.3) is 0 Å². The van der Waals surface area contributed by atoms with Gasteiger partial charge in [-0.3, -0.25) is 0 Å². The monoisotopic (exact) mass is 683 g/mol. The molecule has 0 bridgehead atoms. The lowest BCUT2D eigenvalue weighted by molar-refractivity contribution is 0.0283. The Hall–Kier alpha value is 0.270. The van der Waals surface area contributed by atoms with E-state index in [0.717, 1.165) is 74.0 Å². The minimum atomic E-state index is -0.651. The van der Waals surface area contributed by atoms with Gasteiger partial charge in [0.25, 0.3) is 0 Å². The Bertz CT molecular complexity index is 690. The van der Waals surface area contributed by atoms with Gasteiger partial charge < -0.3 is 10.2 Å². The van der Waals surface area contributed by atoms with Crippen LogP contribution in [0.15, 0.2) is 0 Å². The largest absolute Gasteiger partial charge is 0.390 e. The van der Waals surface area contributed by atoms with Crippen LogP contribution in [0.5, 0.6) is 0 Å². The Morgan fingerprint density at radius 3 is 0.872 bits per heavy atom. The fraction of sp³-hybridized carbons (Fsp3) is 1.00. The third kappa shape index (κ3) is 28.6. The van der Waals surface area contributed by atoms with Crippen LogP contribution < -0.4 is 0 Å². The van der Waals surface area contributed by atoms with Gasteiger partial charge in [0.1, 0.15) is 0 Å². The molecule has 0 fully saturated rings. The molecule has 0 aliphatic heterocycles. The highest BCUT2D eigenvalue weighted by molar-refractivity contribution is 8.01. The standard InChI is InChI=1S/C44H90O2S/c1-35(2)21-15-23-37(5)25-17-27-39(7)29-19-31-43(13,45)33-41(9,10)47-42(11,12)34-44(14,46)32-20-30-40(8)28-18-26-38(6)24-16-22-36(3)4/h35-40,45-46H,15-34H2,1-14H3. The maximum absolute atomic E-state index is 11.4. The predicted molar refractivity (Wildman–Crippen MR) is 216 cm³/mol. The molecule has 2 N–H and O–H groups in total. The number of rotatable bonds is 30. The molecule has 0 aromatic heterocycles. The highest BCUT2D eigenvalue weighted by Crippen LogP contribution is 2.46. The Kier molecular flexibility index (Phi) is 23.8. The zero-order valence-electron chi connectivity index (χ0n) is 34.9. The molecule has 0 spiro atoms. The Balaban J connectivity index is 4.44. The van der Waals surface area contributed by atoms with Crippen molar-refractivity contribution in [3.63, 3.8) is 0 Å². The first-order valence-corrected chi connectivity index (χ1v) is 21.5. The fourth-order valence-corrected chi connectivity index (χ4v) is 10.7. The first kappa shape index (κ1) is 47.3. The normalized spacial score (nSPS) is 18.3. The summed E-state index contributed by atoms with van der Waals surface area (Å²) in [6.07, 6.45) is 24.3. The second kappa shape index (κ2) is 23.7. The van der Waals surface area contributed by atoms with E-state index < -0.39 is 11.2 Å². The summed E-state index contributed by atoms with van der Waals surface area (Å²) in [5.74, 6) is 4.87. The van der Waals surface area contributed by atoms with Crippen molar-refractivity contribution < 1.29 is 10.2 Å². The molecule has 0 aliphatic carbocycles. The molecular weight excluding hydrogens is 593 g/mol. The van der Waals surface area contributed by atoms with Crippen LogP contribution in [-0.2, 0) is 0 Å². The molecule has 2 nitrogen and oxygen atoms in total. The quantitative estimate of drug-likeness (QED) is 0.0792. The molecule has 0 aromatic carbocycles. The smallest absolute Gasteiger partial charge is 0.0632 e. The summed E-state index contributed by atoms with van der Waals surface area (Å²) >= 11 is 1.96. The summed E-state index contributed by atoms with van der Waals surface area (Å²) in [4.78, 5) is 0. The minimum Gasteiger partial charge on any atom is -0.390 e. The fourth-order valence-electron chi connectivity index (χ4n) is 8.45. The van der Waals surface area contributed by atoms with Gasteiger partial charge in [0.15, 0.2) is 0 Å². The molecule has 0 heterocycles. The highest BCUT2D eigenvalue weighted by atomic mass is 32.2. The van der Waals surface area contributed by atoms with Crippen LogP contribution in [0.4, 0.5) is 0 Å². The van der Waals surface area contributed by atoms with Gasteiger partial charge in [-0.05, 0) is 75.0 Å². The van der Waals surface area contributed by atoms with Crippen LogP contribution in [0.1, 0.15) is 225 Å². The lowest BCUT2D eigenvalue weighted by Crippen LogP contribution is -2.39. The van der Waals surface area contributed by atoms with Gasteiger partial charge in [-0.1, -0.05) is 186 Å². The van der Waals surface area contributed by atoms with Gasteiger partial charge in [-0.2, -0.15) is 0 Å². The van der Waals surface area contributed by atoms with Gasteiger partial charge in [-0.15, -0.1) is 11.8 Å². The summed E-state index contributed by atoms with van der Waals surface area (Å²) in [5.41, 5.74) is -1.30.